The summed E-state index contributed by atoms with van der Waals surface area (Å²) in [5, 5.41) is 6.27. The largest absolute Gasteiger partial charge is 0.486 e. The summed E-state index contributed by atoms with van der Waals surface area (Å²) in [7, 11) is 0. The first-order valence-corrected chi connectivity index (χ1v) is 9.90. The van der Waals surface area contributed by atoms with Gasteiger partial charge in [0.05, 0.1) is 34.6 Å². The minimum Gasteiger partial charge on any atom is -0.486 e. The van der Waals surface area contributed by atoms with Crippen molar-refractivity contribution < 1.29 is 14.3 Å². The number of carbonyl (C=O) groups excluding carboxylic acids is 1. The summed E-state index contributed by atoms with van der Waals surface area (Å²) in [5.41, 5.74) is 2.04. The van der Waals surface area contributed by atoms with Crippen LogP contribution in [0.4, 0.5) is 16.2 Å². The third-order valence-corrected chi connectivity index (χ3v) is 5.29. The van der Waals surface area contributed by atoms with Crippen LogP contribution < -0.4 is 15.4 Å². The molecule has 0 radical (unpaired) electrons. The lowest BCUT2D eigenvalue weighted by Gasteiger charge is -2.23. The summed E-state index contributed by atoms with van der Waals surface area (Å²) in [4.78, 5) is 12.6. The highest BCUT2D eigenvalue weighted by molar-refractivity contribution is 6.44. The van der Waals surface area contributed by atoms with E-state index in [0.717, 1.165) is 12.0 Å². The molecule has 0 aromatic heterocycles. The van der Waals surface area contributed by atoms with Gasteiger partial charge in [-0.1, -0.05) is 56.1 Å². The minimum absolute atomic E-state index is 0.0218. The summed E-state index contributed by atoms with van der Waals surface area (Å²) >= 11 is 12.2. The lowest BCUT2D eigenvalue weighted by atomic mass is 9.87. The van der Waals surface area contributed by atoms with Gasteiger partial charge in [0.25, 0.3) is 0 Å². The Balaban J connectivity index is 1.82. The summed E-state index contributed by atoms with van der Waals surface area (Å²) in [6.07, 6.45) is 0.802. The van der Waals surface area contributed by atoms with Crippen molar-refractivity contribution in [2.45, 2.75) is 38.7 Å². The van der Waals surface area contributed by atoms with Gasteiger partial charge in [0.15, 0.2) is 0 Å². The number of ether oxygens (including phenoxy) is 2. The molecule has 7 heteroatoms. The van der Waals surface area contributed by atoms with Crippen LogP contribution in [0.5, 0.6) is 5.75 Å². The maximum atomic E-state index is 12.6. The second-order valence-electron chi connectivity index (χ2n) is 7.74. The van der Waals surface area contributed by atoms with Gasteiger partial charge in [0.2, 0.25) is 0 Å². The number of carbonyl (C=O) groups is 1. The lowest BCUT2D eigenvalue weighted by molar-refractivity contribution is 0.142. The highest BCUT2D eigenvalue weighted by Crippen LogP contribution is 2.34. The summed E-state index contributed by atoms with van der Waals surface area (Å²) in [6.45, 7) is 7.57. The molecule has 1 saturated heterocycles. The molecule has 1 aliphatic rings. The van der Waals surface area contributed by atoms with Crippen LogP contribution in [0.3, 0.4) is 0 Å². The number of urea groups is 1. The highest BCUT2D eigenvalue weighted by atomic mass is 35.5. The Morgan fingerprint density at radius 3 is 2.57 bits per heavy atom. The Morgan fingerprint density at radius 1 is 1.14 bits per heavy atom. The van der Waals surface area contributed by atoms with Crippen LogP contribution in [0.25, 0.3) is 0 Å². The normalized spacial score (nSPS) is 16.7. The number of benzene rings is 2. The van der Waals surface area contributed by atoms with Gasteiger partial charge in [-0.25, -0.2) is 4.79 Å². The summed E-state index contributed by atoms with van der Waals surface area (Å²) in [5.74, 6) is 0.607. The first-order valence-electron chi connectivity index (χ1n) is 9.15. The van der Waals surface area contributed by atoms with Crippen LogP contribution in [-0.2, 0) is 10.2 Å². The van der Waals surface area contributed by atoms with Crippen LogP contribution in [0.15, 0.2) is 36.4 Å². The van der Waals surface area contributed by atoms with Crippen molar-refractivity contribution in [1.82, 2.24) is 0 Å². The van der Waals surface area contributed by atoms with Gasteiger partial charge >= 0.3 is 6.03 Å². The van der Waals surface area contributed by atoms with Crippen molar-refractivity contribution in [2.75, 3.05) is 23.8 Å². The van der Waals surface area contributed by atoms with Crippen molar-refractivity contribution in [2.24, 2.45) is 0 Å². The van der Waals surface area contributed by atoms with E-state index in [-0.39, 0.29) is 11.5 Å². The Hall–Kier alpha value is -1.95. The molecule has 150 valence electrons. The Labute approximate surface area is 175 Å². The zero-order valence-electron chi connectivity index (χ0n) is 16.1. The third-order valence-electron chi connectivity index (χ3n) is 4.48. The van der Waals surface area contributed by atoms with Crippen molar-refractivity contribution >= 4 is 40.6 Å². The average Bonchev–Trinajstić information content (AvgIpc) is 3.12. The molecule has 0 bridgehead atoms. The predicted molar refractivity (Wildman–Crippen MR) is 114 cm³/mol. The first kappa shape index (κ1) is 20.8. The number of halogens is 2. The molecule has 5 nitrogen and oxygen atoms in total. The molecule has 1 unspecified atom stereocenters. The van der Waals surface area contributed by atoms with E-state index >= 15 is 0 Å². The Morgan fingerprint density at radius 2 is 1.89 bits per heavy atom. The van der Waals surface area contributed by atoms with E-state index in [9.17, 15) is 4.79 Å². The zero-order valence-corrected chi connectivity index (χ0v) is 17.7. The second-order valence-corrected chi connectivity index (χ2v) is 8.53. The molecule has 1 fully saturated rings. The fourth-order valence-electron chi connectivity index (χ4n) is 2.86. The lowest BCUT2D eigenvalue weighted by Crippen LogP contribution is -2.22. The molecular weight excluding hydrogens is 399 g/mol. The van der Waals surface area contributed by atoms with Crippen molar-refractivity contribution in [3.8, 4) is 5.75 Å². The average molecular weight is 423 g/mol. The minimum atomic E-state index is -0.428. The molecular formula is C21H24Cl2N2O3. The highest BCUT2D eigenvalue weighted by Gasteiger charge is 2.22. The van der Waals surface area contributed by atoms with Crippen LogP contribution >= 0.6 is 23.2 Å². The Bertz CT molecular complexity index is 859. The molecule has 0 saturated carbocycles. The van der Waals surface area contributed by atoms with Crippen LogP contribution in [0, 0.1) is 0 Å². The summed E-state index contributed by atoms with van der Waals surface area (Å²) < 4.78 is 11.4. The van der Waals surface area contributed by atoms with Gasteiger partial charge < -0.3 is 20.1 Å². The molecule has 2 aromatic rings. The maximum absolute atomic E-state index is 12.6. The second kappa shape index (κ2) is 8.60. The van der Waals surface area contributed by atoms with Gasteiger partial charge in [0, 0.05) is 6.42 Å². The van der Waals surface area contributed by atoms with Crippen LogP contribution in [-0.4, -0.2) is 25.3 Å². The van der Waals surface area contributed by atoms with Gasteiger partial charge in [0.1, 0.15) is 11.9 Å². The molecule has 28 heavy (non-hydrogen) atoms. The standard InChI is InChI=1S/C21H24Cl2N2O3/c1-21(2,3)13-7-8-18(28-14-9-10-27-12-14)17(11-13)25-20(26)24-16-6-4-5-15(22)19(16)23/h4-8,11,14H,9-10,12H2,1-3H3,(H2,24,25,26). The van der Waals surface area contributed by atoms with E-state index in [0.29, 0.717) is 40.4 Å². The number of amides is 2. The molecule has 1 aliphatic heterocycles. The van der Waals surface area contributed by atoms with E-state index in [1.54, 1.807) is 18.2 Å². The van der Waals surface area contributed by atoms with Gasteiger partial charge in [-0.05, 0) is 35.2 Å². The SMILES string of the molecule is CC(C)(C)c1ccc(OC2CCOC2)c(NC(=O)Nc2cccc(Cl)c2Cl)c1. The van der Waals surface area contributed by atoms with E-state index in [1.807, 2.05) is 18.2 Å². The fourth-order valence-corrected chi connectivity index (χ4v) is 3.21. The maximum Gasteiger partial charge on any atom is 0.323 e. The topological polar surface area (TPSA) is 59.6 Å². The molecule has 2 aromatic carbocycles. The van der Waals surface area contributed by atoms with Crippen molar-refractivity contribution in [1.29, 1.82) is 0 Å². The van der Waals surface area contributed by atoms with Crippen LogP contribution in [0.1, 0.15) is 32.8 Å². The van der Waals surface area contributed by atoms with Gasteiger partial charge in [-0.15, -0.1) is 0 Å². The van der Waals surface area contributed by atoms with Gasteiger partial charge in [-0.2, -0.15) is 0 Å². The molecule has 1 heterocycles. The summed E-state index contributed by atoms with van der Waals surface area (Å²) in [6, 6.07) is 10.5. The van der Waals surface area contributed by atoms with E-state index < -0.39 is 6.03 Å². The smallest absolute Gasteiger partial charge is 0.323 e. The number of anilines is 2. The quantitative estimate of drug-likeness (QED) is 0.625. The predicted octanol–water partition coefficient (Wildman–Crippen LogP) is 6.10. The number of rotatable bonds is 4. The van der Waals surface area contributed by atoms with Gasteiger partial charge in [-0.3, -0.25) is 0 Å². The van der Waals surface area contributed by atoms with E-state index in [2.05, 4.69) is 31.4 Å². The van der Waals surface area contributed by atoms with Crippen molar-refractivity contribution in [3.05, 3.63) is 52.0 Å². The zero-order chi connectivity index (χ0) is 20.3. The fraction of sp³-hybridized carbons (Fsp3) is 0.381. The molecule has 0 spiro atoms. The molecule has 3 rings (SSSR count). The Kier molecular flexibility index (Phi) is 6.38. The van der Waals surface area contributed by atoms with E-state index in [4.69, 9.17) is 32.7 Å². The van der Waals surface area contributed by atoms with Crippen LogP contribution in [0.2, 0.25) is 10.0 Å². The monoisotopic (exact) mass is 422 g/mol. The number of nitrogens with one attached hydrogen (secondary N) is 2. The molecule has 1 atom stereocenters. The molecule has 2 N–H and O–H groups in total. The molecule has 2 amide bonds. The number of hydrogen-bond acceptors (Lipinski definition) is 3. The van der Waals surface area contributed by atoms with Crippen molar-refractivity contribution in [3.63, 3.8) is 0 Å². The first-order chi connectivity index (χ1) is 13.2. The van der Waals surface area contributed by atoms with E-state index in [1.165, 1.54) is 0 Å². The molecule has 0 aliphatic carbocycles. The number of hydrogen-bond donors (Lipinski definition) is 2. The third kappa shape index (κ3) is 5.10.